The van der Waals surface area contributed by atoms with Crippen molar-refractivity contribution < 1.29 is 15.0 Å². The Morgan fingerprint density at radius 3 is 2.26 bits per heavy atom. The molecule has 2 unspecified atom stereocenters. The number of carboxylic acid groups (broad SMARTS) is 1. The normalized spacial score (nSPS) is 14.5. The van der Waals surface area contributed by atoms with E-state index in [0.29, 0.717) is 5.56 Å². The van der Waals surface area contributed by atoms with E-state index in [0.717, 1.165) is 10.8 Å². The molecule has 0 bridgehead atoms. The Hall–Kier alpha value is -1.87. The van der Waals surface area contributed by atoms with Gasteiger partial charge >= 0.3 is 5.97 Å². The highest BCUT2D eigenvalue weighted by atomic mass is 16.4. The first-order valence-electron chi connectivity index (χ1n) is 6.40. The van der Waals surface area contributed by atoms with Gasteiger partial charge in [-0.15, -0.1) is 0 Å². The molecule has 0 aliphatic carbocycles. The van der Waals surface area contributed by atoms with Gasteiger partial charge in [0.05, 0.1) is 12.0 Å². The van der Waals surface area contributed by atoms with E-state index in [1.54, 1.807) is 6.07 Å². The van der Waals surface area contributed by atoms with Gasteiger partial charge in [-0.05, 0) is 28.3 Å². The quantitative estimate of drug-likeness (QED) is 0.885. The molecular weight excluding hydrogens is 240 g/mol. The standard InChI is InChI=1S/C16H18O3/c1-10(2)14(16(18)19)15(17)13-8-7-11-5-3-4-6-12(11)9-13/h3-10,14-15,17H,1-2H3,(H,18,19). The summed E-state index contributed by atoms with van der Waals surface area (Å²) in [6, 6.07) is 13.4. The summed E-state index contributed by atoms with van der Waals surface area (Å²) in [5.41, 5.74) is 0.653. The number of hydrogen-bond acceptors (Lipinski definition) is 2. The van der Waals surface area contributed by atoms with Gasteiger partial charge in [-0.3, -0.25) is 4.79 Å². The molecule has 3 heteroatoms. The zero-order valence-corrected chi connectivity index (χ0v) is 11.1. The summed E-state index contributed by atoms with van der Waals surface area (Å²) >= 11 is 0. The van der Waals surface area contributed by atoms with Crippen LogP contribution < -0.4 is 0 Å². The Morgan fingerprint density at radius 1 is 1.05 bits per heavy atom. The Kier molecular flexibility index (Phi) is 3.86. The number of fused-ring (bicyclic) bond motifs is 1. The average Bonchev–Trinajstić information content (AvgIpc) is 2.37. The lowest BCUT2D eigenvalue weighted by Gasteiger charge is -2.23. The Morgan fingerprint density at radius 2 is 1.68 bits per heavy atom. The van der Waals surface area contributed by atoms with Gasteiger partial charge < -0.3 is 10.2 Å². The first-order chi connectivity index (χ1) is 9.00. The molecule has 19 heavy (non-hydrogen) atoms. The third kappa shape index (κ3) is 2.76. The second-order valence-corrected chi connectivity index (χ2v) is 5.16. The number of aliphatic hydroxyl groups is 1. The predicted octanol–water partition coefficient (Wildman–Crippen LogP) is 3.23. The molecule has 0 heterocycles. The lowest BCUT2D eigenvalue weighted by Crippen LogP contribution is -2.26. The average molecular weight is 258 g/mol. The molecule has 0 fully saturated rings. The fourth-order valence-electron chi connectivity index (χ4n) is 2.38. The molecule has 2 N–H and O–H groups in total. The maximum absolute atomic E-state index is 11.3. The lowest BCUT2D eigenvalue weighted by atomic mass is 9.86. The van der Waals surface area contributed by atoms with Gasteiger partial charge in [0.15, 0.2) is 0 Å². The monoisotopic (exact) mass is 258 g/mol. The van der Waals surface area contributed by atoms with Crippen molar-refractivity contribution in [3.05, 3.63) is 48.0 Å². The number of hydrogen-bond donors (Lipinski definition) is 2. The fourth-order valence-corrected chi connectivity index (χ4v) is 2.38. The molecule has 0 aliphatic rings. The molecule has 0 spiro atoms. The van der Waals surface area contributed by atoms with Crippen LogP contribution in [0.1, 0.15) is 25.5 Å². The molecule has 0 radical (unpaired) electrons. The molecule has 3 nitrogen and oxygen atoms in total. The van der Waals surface area contributed by atoms with Crippen LogP contribution in [0.25, 0.3) is 10.8 Å². The van der Waals surface area contributed by atoms with Crippen molar-refractivity contribution in [2.75, 3.05) is 0 Å². The number of benzene rings is 2. The van der Waals surface area contributed by atoms with Gasteiger partial charge in [0, 0.05) is 0 Å². The van der Waals surface area contributed by atoms with Gasteiger partial charge in [0.2, 0.25) is 0 Å². The van der Waals surface area contributed by atoms with Crippen molar-refractivity contribution in [1.82, 2.24) is 0 Å². The number of aliphatic carboxylic acids is 1. The third-order valence-corrected chi connectivity index (χ3v) is 3.46. The largest absolute Gasteiger partial charge is 0.481 e. The van der Waals surface area contributed by atoms with Crippen LogP contribution in [0.5, 0.6) is 0 Å². The maximum atomic E-state index is 11.3. The lowest BCUT2D eigenvalue weighted by molar-refractivity contribution is -0.148. The van der Waals surface area contributed by atoms with Gasteiger partial charge in [0.25, 0.3) is 0 Å². The highest BCUT2D eigenvalue weighted by Gasteiger charge is 2.30. The van der Waals surface area contributed by atoms with Crippen LogP contribution in [0.3, 0.4) is 0 Å². The van der Waals surface area contributed by atoms with E-state index in [2.05, 4.69) is 0 Å². The topological polar surface area (TPSA) is 57.5 Å². The van der Waals surface area contributed by atoms with Gasteiger partial charge in [0.1, 0.15) is 0 Å². The van der Waals surface area contributed by atoms with Crippen LogP contribution >= 0.6 is 0 Å². The summed E-state index contributed by atoms with van der Waals surface area (Å²) in [4.78, 5) is 11.3. The highest BCUT2D eigenvalue weighted by molar-refractivity contribution is 5.83. The van der Waals surface area contributed by atoms with Gasteiger partial charge in [-0.25, -0.2) is 0 Å². The molecule has 2 aromatic carbocycles. The Balaban J connectivity index is 2.40. The predicted molar refractivity (Wildman–Crippen MR) is 74.9 cm³/mol. The second-order valence-electron chi connectivity index (χ2n) is 5.16. The number of aliphatic hydroxyl groups excluding tert-OH is 1. The molecule has 0 aliphatic heterocycles. The van der Waals surface area contributed by atoms with Crippen molar-refractivity contribution in [2.24, 2.45) is 11.8 Å². The molecule has 0 saturated heterocycles. The van der Waals surface area contributed by atoms with Crippen molar-refractivity contribution in [1.29, 1.82) is 0 Å². The van der Waals surface area contributed by atoms with Crippen molar-refractivity contribution in [3.63, 3.8) is 0 Å². The van der Waals surface area contributed by atoms with Crippen LogP contribution in [0.2, 0.25) is 0 Å². The van der Waals surface area contributed by atoms with E-state index < -0.39 is 18.0 Å². The molecule has 2 atom stereocenters. The van der Waals surface area contributed by atoms with Crippen LogP contribution in [-0.4, -0.2) is 16.2 Å². The number of carboxylic acids is 1. The molecule has 100 valence electrons. The SMILES string of the molecule is CC(C)C(C(=O)O)C(O)c1ccc2ccccc2c1. The van der Waals surface area contributed by atoms with Crippen LogP contribution in [0.4, 0.5) is 0 Å². The number of carbonyl (C=O) groups is 1. The summed E-state index contributed by atoms with van der Waals surface area (Å²) in [5, 5.41) is 21.6. The molecule has 2 aromatic rings. The Bertz CT molecular complexity index is 589. The highest BCUT2D eigenvalue weighted by Crippen LogP contribution is 2.30. The molecule has 0 aromatic heterocycles. The minimum absolute atomic E-state index is 0.126. The van der Waals surface area contributed by atoms with Crippen LogP contribution in [-0.2, 0) is 4.79 Å². The summed E-state index contributed by atoms with van der Waals surface area (Å²) in [6.07, 6.45) is -0.984. The van der Waals surface area contributed by atoms with Gasteiger partial charge in [-0.2, -0.15) is 0 Å². The summed E-state index contributed by atoms with van der Waals surface area (Å²) in [6.45, 7) is 3.62. The number of rotatable bonds is 4. The smallest absolute Gasteiger partial charge is 0.309 e. The molecular formula is C16H18O3. The minimum atomic E-state index is -0.984. The summed E-state index contributed by atoms with van der Waals surface area (Å²) in [5.74, 6) is -1.88. The zero-order valence-electron chi connectivity index (χ0n) is 11.1. The zero-order chi connectivity index (χ0) is 14.0. The molecule has 0 amide bonds. The van der Waals surface area contributed by atoms with E-state index in [1.807, 2.05) is 50.2 Å². The van der Waals surface area contributed by atoms with E-state index in [9.17, 15) is 15.0 Å². The third-order valence-electron chi connectivity index (χ3n) is 3.46. The first kappa shape index (κ1) is 13.6. The van der Waals surface area contributed by atoms with E-state index >= 15 is 0 Å². The van der Waals surface area contributed by atoms with E-state index in [4.69, 9.17) is 0 Å². The van der Waals surface area contributed by atoms with Crippen LogP contribution in [0, 0.1) is 11.8 Å². The maximum Gasteiger partial charge on any atom is 0.309 e. The second kappa shape index (κ2) is 5.41. The van der Waals surface area contributed by atoms with Crippen molar-refractivity contribution >= 4 is 16.7 Å². The molecule has 2 rings (SSSR count). The van der Waals surface area contributed by atoms with E-state index in [-0.39, 0.29) is 5.92 Å². The summed E-state index contributed by atoms with van der Waals surface area (Å²) in [7, 11) is 0. The summed E-state index contributed by atoms with van der Waals surface area (Å²) < 4.78 is 0. The minimum Gasteiger partial charge on any atom is -0.481 e. The van der Waals surface area contributed by atoms with Crippen molar-refractivity contribution in [3.8, 4) is 0 Å². The van der Waals surface area contributed by atoms with Crippen molar-refractivity contribution in [2.45, 2.75) is 20.0 Å². The first-order valence-corrected chi connectivity index (χ1v) is 6.40. The van der Waals surface area contributed by atoms with Crippen LogP contribution in [0.15, 0.2) is 42.5 Å². The van der Waals surface area contributed by atoms with E-state index in [1.165, 1.54) is 0 Å². The van der Waals surface area contributed by atoms with Gasteiger partial charge in [-0.1, -0.05) is 50.2 Å². The fraction of sp³-hybridized carbons (Fsp3) is 0.312. The Labute approximate surface area is 112 Å². The molecule has 0 saturated carbocycles.